The van der Waals surface area contributed by atoms with Gasteiger partial charge in [0.1, 0.15) is 0 Å². The van der Waals surface area contributed by atoms with Crippen LogP contribution in [0.15, 0.2) is 11.6 Å². The van der Waals surface area contributed by atoms with Gasteiger partial charge in [-0.1, -0.05) is 31.9 Å². The highest BCUT2D eigenvalue weighted by atomic mass is 16.3. The average Bonchev–Trinajstić information content (AvgIpc) is 1.84. The molecule has 1 N–H and O–H groups in total. The Balaban J connectivity index is 2.70. The fourth-order valence-corrected chi connectivity index (χ4v) is 1.97. The van der Waals surface area contributed by atoms with Crippen LogP contribution >= 0.6 is 0 Å². The van der Waals surface area contributed by atoms with E-state index in [0.29, 0.717) is 5.41 Å². The third kappa shape index (κ3) is 2.06. The molecule has 1 heteroatoms. The summed E-state index contributed by atoms with van der Waals surface area (Å²) in [6.45, 7) is 6.56. The molecule has 1 rings (SSSR count). The molecule has 0 heterocycles. The van der Waals surface area contributed by atoms with E-state index in [-0.39, 0.29) is 6.10 Å². The maximum Gasteiger partial charge on any atom is 0.0728 e. The second-order valence-electron chi connectivity index (χ2n) is 4.13. The van der Waals surface area contributed by atoms with Crippen molar-refractivity contribution in [2.45, 2.75) is 46.1 Å². The molecule has 2 atom stereocenters. The van der Waals surface area contributed by atoms with Gasteiger partial charge in [-0.05, 0) is 25.2 Å². The fraction of sp³-hybridized carbons (Fsp3) is 0.800. The van der Waals surface area contributed by atoms with Gasteiger partial charge in [-0.25, -0.2) is 0 Å². The molecule has 0 bridgehead atoms. The van der Waals surface area contributed by atoms with E-state index in [1.54, 1.807) is 0 Å². The first-order valence-electron chi connectivity index (χ1n) is 4.41. The largest absolute Gasteiger partial charge is 0.389 e. The van der Waals surface area contributed by atoms with Crippen molar-refractivity contribution >= 4 is 0 Å². The summed E-state index contributed by atoms with van der Waals surface area (Å²) in [5, 5.41) is 9.47. The van der Waals surface area contributed by atoms with E-state index in [1.165, 1.54) is 5.57 Å². The van der Waals surface area contributed by atoms with Crippen LogP contribution in [0, 0.1) is 5.41 Å². The number of aliphatic hydroxyl groups is 1. The molecule has 0 spiro atoms. The van der Waals surface area contributed by atoms with Gasteiger partial charge in [-0.3, -0.25) is 0 Å². The molecule has 11 heavy (non-hydrogen) atoms. The van der Waals surface area contributed by atoms with Gasteiger partial charge in [0.05, 0.1) is 6.10 Å². The van der Waals surface area contributed by atoms with Crippen LogP contribution in [0.1, 0.15) is 40.0 Å². The van der Waals surface area contributed by atoms with Gasteiger partial charge in [0.25, 0.3) is 0 Å². The lowest BCUT2D eigenvalue weighted by molar-refractivity contribution is 0.124. The molecule has 64 valence electrons. The number of hydrogen-bond acceptors (Lipinski definition) is 1. The third-order valence-electron chi connectivity index (χ3n) is 2.74. The lowest BCUT2D eigenvalue weighted by Gasteiger charge is -2.34. The molecular weight excluding hydrogens is 136 g/mol. The van der Waals surface area contributed by atoms with Crippen molar-refractivity contribution in [1.29, 1.82) is 0 Å². The molecule has 1 aliphatic rings. The summed E-state index contributed by atoms with van der Waals surface area (Å²) >= 11 is 0. The first kappa shape index (κ1) is 8.79. The molecular formula is C10H18O. The highest BCUT2D eigenvalue weighted by Crippen LogP contribution is 2.38. The zero-order valence-corrected chi connectivity index (χ0v) is 7.72. The fourth-order valence-electron chi connectivity index (χ4n) is 1.97. The summed E-state index contributed by atoms with van der Waals surface area (Å²) in [5.41, 5.74) is 1.69. The minimum atomic E-state index is -0.200. The smallest absolute Gasteiger partial charge is 0.0728 e. The van der Waals surface area contributed by atoms with Gasteiger partial charge in [0, 0.05) is 0 Å². The Kier molecular flexibility index (Phi) is 2.38. The minimum absolute atomic E-state index is 0.200. The SMILES string of the molecule is CCC1(C)CC(C)=CC(O)C1. The minimum Gasteiger partial charge on any atom is -0.389 e. The summed E-state index contributed by atoms with van der Waals surface area (Å²) < 4.78 is 0. The average molecular weight is 154 g/mol. The molecule has 0 amide bonds. The zero-order valence-electron chi connectivity index (χ0n) is 7.72. The van der Waals surface area contributed by atoms with E-state index in [9.17, 15) is 5.11 Å². The van der Waals surface area contributed by atoms with Crippen LogP contribution in [0.3, 0.4) is 0 Å². The van der Waals surface area contributed by atoms with Gasteiger partial charge in [0.2, 0.25) is 0 Å². The van der Waals surface area contributed by atoms with E-state index in [2.05, 4.69) is 20.8 Å². The Labute approximate surface area is 69.1 Å². The second-order valence-corrected chi connectivity index (χ2v) is 4.13. The predicted octanol–water partition coefficient (Wildman–Crippen LogP) is 2.50. The first-order valence-corrected chi connectivity index (χ1v) is 4.41. The van der Waals surface area contributed by atoms with Crippen LogP contribution in [-0.4, -0.2) is 11.2 Å². The molecule has 1 nitrogen and oxygen atoms in total. The highest BCUT2D eigenvalue weighted by molar-refractivity contribution is 5.10. The molecule has 0 aromatic rings. The van der Waals surface area contributed by atoms with Crippen LogP contribution in [-0.2, 0) is 0 Å². The molecule has 1 aliphatic carbocycles. The normalized spacial score (nSPS) is 38.5. The monoisotopic (exact) mass is 154 g/mol. The lowest BCUT2D eigenvalue weighted by Crippen LogP contribution is -2.26. The molecule has 2 unspecified atom stereocenters. The van der Waals surface area contributed by atoms with E-state index >= 15 is 0 Å². The number of hydrogen-bond donors (Lipinski definition) is 1. The van der Waals surface area contributed by atoms with Gasteiger partial charge in [-0.15, -0.1) is 0 Å². The molecule has 0 saturated heterocycles. The Hall–Kier alpha value is -0.300. The Bertz CT molecular complexity index is 172. The van der Waals surface area contributed by atoms with Crippen molar-refractivity contribution in [3.8, 4) is 0 Å². The van der Waals surface area contributed by atoms with Crippen molar-refractivity contribution in [2.75, 3.05) is 0 Å². The third-order valence-corrected chi connectivity index (χ3v) is 2.74. The molecule has 0 aromatic heterocycles. The Morgan fingerprint density at radius 2 is 2.36 bits per heavy atom. The van der Waals surface area contributed by atoms with Crippen molar-refractivity contribution in [2.24, 2.45) is 5.41 Å². The summed E-state index contributed by atoms with van der Waals surface area (Å²) in [7, 11) is 0. The maximum atomic E-state index is 9.47. The lowest BCUT2D eigenvalue weighted by atomic mass is 9.73. The van der Waals surface area contributed by atoms with E-state index in [4.69, 9.17) is 0 Å². The summed E-state index contributed by atoms with van der Waals surface area (Å²) in [5.74, 6) is 0. The van der Waals surface area contributed by atoms with Gasteiger partial charge < -0.3 is 5.11 Å². The standard InChI is InChI=1S/C10H18O/c1-4-10(3)6-8(2)5-9(11)7-10/h5,9,11H,4,6-7H2,1-3H3. The van der Waals surface area contributed by atoms with Crippen LogP contribution in [0.4, 0.5) is 0 Å². The second kappa shape index (κ2) is 2.98. The molecule has 0 aromatic carbocycles. The predicted molar refractivity (Wildman–Crippen MR) is 47.4 cm³/mol. The van der Waals surface area contributed by atoms with E-state index < -0.39 is 0 Å². The first-order chi connectivity index (χ1) is 5.06. The quantitative estimate of drug-likeness (QED) is 0.575. The summed E-state index contributed by atoms with van der Waals surface area (Å²) in [4.78, 5) is 0. The molecule has 0 fully saturated rings. The maximum absolute atomic E-state index is 9.47. The highest BCUT2D eigenvalue weighted by Gasteiger charge is 2.28. The summed E-state index contributed by atoms with van der Waals surface area (Å²) in [6, 6.07) is 0. The van der Waals surface area contributed by atoms with Crippen molar-refractivity contribution < 1.29 is 5.11 Å². The van der Waals surface area contributed by atoms with Crippen molar-refractivity contribution in [1.82, 2.24) is 0 Å². The number of rotatable bonds is 1. The summed E-state index contributed by atoms with van der Waals surface area (Å²) in [6.07, 6.45) is 5.03. The Morgan fingerprint density at radius 1 is 1.73 bits per heavy atom. The van der Waals surface area contributed by atoms with Crippen LogP contribution in [0.25, 0.3) is 0 Å². The van der Waals surface area contributed by atoms with Gasteiger partial charge in [-0.2, -0.15) is 0 Å². The molecule has 0 radical (unpaired) electrons. The number of aliphatic hydroxyl groups excluding tert-OH is 1. The van der Waals surface area contributed by atoms with Gasteiger partial charge in [0.15, 0.2) is 0 Å². The molecule has 0 saturated carbocycles. The van der Waals surface area contributed by atoms with Crippen LogP contribution in [0.5, 0.6) is 0 Å². The van der Waals surface area contributed by atoms with Crippen LogP contribution < -0.4 is 0 Å². The van der Waals surface area contributed by atoms with Crippen LogP contribution in [0.2, 0.25) is 0 Å². The van der Waals surface area contributed by atoms with Crippen molar-refractivity contribution in [3.05, 3.63) is 11.6 Å². The van der Waals surface area contributed by atoms with Crippen molar-refractivity contribution in [3.63, 3.8) is 0 Å². The number of allylic oxidation sites excluding steroid dienone is 1. The Morgan fingerprint density at radius 3 is 2.82 bits per heavy atom. The van der Waals surface area contributed by atoms with Gasteiger partial charge >= 0.3 is 0 Å². The zero-order chi connectivity index (χ0) is 8.48. The molecule has 0 aliphatic heterocycles. The topological polar surface area (TPSA) is 20.2 Å². The van der Waals surface area contributed by atoms with E-state index in [1.807, 2.05) is 6.08 Å². The van der Waals surface area contributed by atoms with E-state index in [0.717, 1.165) is 19.3 Å².